The number of hydrogen-bond donors (Lipinski definition) is 1. The minimum absolute atomic E-state index is 0.00639. The SMILES string of the molecule is CN(C)CCNS(=O)(=O)c1ccc(Cl)c2nonc12. The molecule has 0 aliphatic carbocycles. The normalized spacial score (nSPS) is 12.4. The van der Waals surface area contributed by atoms with Crippen LogP contribution in [-0.4, -0.2) is 50.8 Å². The summed E-state index contributed by atoms with van der Waals surface area (Å²) in [5, 5.41) is 7.47. The van der Waals surface area contributed by atoms with Gasteiger partial charge in [0.2, 0.25) is 10.0 Å². The van der Waals surface area contributed by atoms with Crippen LogP contribution in [0.1, 0.15) is 0 Å². The van der Waals surface area contributed by atoms with Gasteiger partial charge in [-0.15, -0.1) is 0 Å². The summed E-state index contributed by atoms with van der Waals surface area (Å²) in [5.41, 5.74) is 0.363. The molecule has 104 valence electrons. The van der Waals surface area contributed by atoms with Crippen LogP contribution in [0.2, 0.25) is 5.02 Å². The molecule has 0 aliphatic heterocycles. The van der Waals surface area contributed by atoms with E-state index in [1.807, 2.05) is 19.0 Å². The lowest BCUT2D eigenvalue weighted by Gasteiger charge is -2.11. The predicted octanol–water partition coefficient (Wildman–Crippen LogP) is 0.716. The second-order valence-electron chi connectivity index (χ2n) is 4.21. The van der Waals surface area contributed by atoms with Crippen molar-refractivity contribution >= 4 is 32.7 Å². The van der Waals surface area contributed by atoms with Crippen LogP contribution in [0.15, 0.2) is 21.7 Å². The van der Waals surface area contributed by atoms with Gasteiger partial charge in [-0.25, -0.2) is 17.8 Å². The zero-order valence-electron chi connectivity index (χ0n) is 10.4. The van der Waals surface area contributed by atoms with Crippen molar-refractivity contribution < 1.29 is 13.0 Å². The molecule has 0 atom stereocenters. The average molecular weight is 305 g/mol. The van der Waals surface area contributed by atoms with Crippen molar-refractivity contribution in [1.82, 2.24) is 19.9 Å². The highest BCUT2D eigenvalue weighted by Crippen LogP contribution is 2.26. The molecule has 0 bridgehead atoms. The smallest absolute Gasteiger partial charge is 0.242 e. The Kier molecular flexibility index (Phi) is 4.04. The van der Waals surface area contributed by atoms with Gasteiger partial charge in [-0.05, 0) is 36.5 Å². The fourth-order valence-electron chi connectivity index (χ4n) is 1.51. The molecule has 1 N–H and O–H groups in total. The maximum absolute atomic E-state index is 12.2. The molecular weight excluding hydrogens is 292 g/mol. The zero-order chi connectivity index (χ0) is 14.0. The maximum Gasteiger partial charge on any atom is 0.242 e. The number of hydrogen-bond acceptors (Lipinski definition) is 6. The highest BCUT2D eigenvalue weighted by Gasteiger charge is 2.21. The number of aromatic nitrogens is 2. The Bertz CT molecular complexity index is 683. The summed E-state index contributed by atoms with van der Waals surface area (Å²) in [6.45, 7) is 0.887. The van der Waals surface area contributed by atoms with Crippen LogP contribution in [0.25, 0.3) is 11.0 Å². The van der Waals surface area contributed by atoms with Crippen LogP contribution in [0.4, 0.5) is 0 Å². The first-order valence-corrected chi connectivity index (χ1v) is 7.33. The standard InChI is InChI=1S/C10H13ClN4O3S/c1-15(2)6-5-12-19(16,17)8-4-3-7(11)9-10(8)14-18-13-9/h3-4,12H,5-6H2,1-2H3. The van der Waals surface area contributed by atoms with E-state index in [4.69, 9.17) is 11.6 Å². The van der Waals surface area contributed by atoms with Gasteiger partial charge in [-0.2, -0.15) is 0 Å². The van der Waals surface area contributed by atoms with Crippen molar-refractivity contribution in [3.05, 3.63) is 17.2 Å². The van der Waals surface area contributed by atoms with Crippen molar-refractivity contribution in [2.45, 2.75) is 4.90 Å². The molecule has 0 unspecified atom stereocenters. The fourth-order valence-corrected chi connectivity index (χ4v) is 2.85. The summed E-state index contributed by atoms with van der Waals surface area (Å²) in [7, 11) is 0.0479. The minimum Gasteiger partial charge on any atom is -0.308 e. The van der Waals surface area contributed by atoms with E-state index in [1.54, 1.807) is 0 Å². The van der Waals surface area contributed by atoms with Gasteiger partial charge in [0.05, 0.1) is 5.02 Å². The number of rotatable bonds is 5. The Hall–Kier alpha value is -1.22. The molecule has 9 heteroatoms. The number of nitrogens with zero attached hydrogens (tertiary/aromatic N) is 3. The number of fused-ring (bicyclic) bond motifs is 1. The predicted molar refractivity (Wildman–Crippen MR) is 70.6 cm³/mol. The molecule has 2 aromatic rings. The first-order valence-electron chi connectivity index (χ1n) is 5.47. The Morgan fingerprint density at radius 1 is 1.32 bits per heavy atom. The van der Waals surface area contributed by atoms with E-state index < -0.39 is 10.0 Å². The van der Waals surface area contributed by atoms with Gasteiger partial charge >= 0.3 is 0 Å². The topological polar surface area (TPSA) is 88.3 Å². The molecule has 1 aromatic heterocycles. The highest BCUT2D eigenvalue weighted by atomic mass is 35.5. The van der Waals surface area contributed by atoms with Crippen LogP contribution < -0.4 is 4.72 Å². The quantitative estimate of drug-likeness (QED) is 0.875. The number of sulfonamides is 1. The molecule has 0 fully saturated rings. The van der Waals surface area contributed by atoms with Crippen molar-refractivity contribution in [2.75, 3.05) is 27.2 Å². The van der Waals surface area contributed by atoms with Gasteiger partial charge in [0.15, 0.2) is 11.0 Å². The van der Waals surface area contributed by atoms with Gasteiger partial charge in [0.1, 0.15) is 4.90 Å². The lowest BCUT2D eigenvalue weighted by molar-refractivity contribution is 0.315. The van der Waals surface area contributed by atoms with Crippen molar-refractivity contribution in [3.8, 4) is 0 Å². The molecule has 0 spiro atoms. The minimum atomic E-state index is -3.67. The molecule has 0 aliphatic rings. The van der Waals surface area contributed by atoms with Crippen molar-refractivity contribution in [1.29, 1.82) is 0 Å². The van der Waals surface area contributed by atoms with Crippen molar-refractivity contribution in [3.63, 3.8) is 0 Å². The van der Waals surface area contributed by atoms with Crippen LogP contribution in [-0.2, 0) is 10.0 Å². The first-order chi connectivity index (χ1) is 8.92. The van der Waals surface area contributed by atoms with E-state index in [0.29, 0.717) is 18.1 Å². The van der Waals surface area contributed by atoms with Crippen LogP contribution >= 0.6 is 11.6 Å². The largest absolute Gasteiger partial charge is 0.308 e. The third-order valence-corrected chi connectivity index (χ3v) is 4.27. The number of halogens is 1. The Morgan fingerprint density at radius 2 is 2.00 bits per heavy atom. The molecule has 0 saturated heterocycles. The van der Waals surface area contributed by atoms with Gasteiger partial charge in [0, 0.05) is 13.1 Å². The van der Waals surface area contributed by atoms with Crippen LogP contribution in [0.5, 0.6) is 0 Å². The molecule has 1 aromatic carbocycles. The van der Waals surface area contributed by atoms with E-state index in [2.05, 4.69) is 19.7 Å². The summed E-state index contributed by atoms with van der Waals surface area (Å²) in [5.74, 6) is 0. The highest BCUT2D eigenvalue weighted by molar-refractivity contribution is 7.89. The molecular formula is C10H13ClN4O3S. The number of nitrogens with one attached hydrogen (secondary N) is 1. The van der Waals surface area contributed by atoms with Crippen molar-refractivity contribution in [2.24, 2.45) is 0 Å². The molecule has 1 heterocycles. The zero-order valence-corrected chi connectivity index (χ0v) is 12.0. The molecule has 0 radical (unpaired) electrons. The monoisotopic (exact) mass is 304 g/mol. The lowest BCUT2D eigenvalue weighted by atomic mass is 10.3. The van der Waals surface area contributed by atoms with E-state index in [-0.39, 0.29) is 15.9 Å². The van der Waals surface area contributed by atoms with E-state index in [1.165, 1.54) is 12.1 Å². The number of likely N-dealkylation sites (N-methyl/N-ethyl adjacent to an activating group) is 1. The van der Waals surface area contributed by atoms with Gasteiger partial charge in [0.25, 0.3) is 0 Å². The second kappa shape index (κ2) is 5.41. The Balaban J connectivity index is 2.33. The third kappa shape index (κ3) is 3.03. The summed E-state index contributed by atoms with van der Waals surface area (Å²) in [4.78, 5) is 1.88. The van der Waals surface area contributed by atoms with Gasteiger partial charge in [-0.1, -0.05) is 11.6 Å². The molecule has 0 saturated carbocycles. The second-order valence-corrected chi connectivity index (χ2v) is 6.35. The summed E-state index contributed by atoms with van der Waals surface area (Å²) < 4.78 is 31.3. The summed E-state index contributed by atoms with van der Waals surface area (Å²) in [6, 6.07) is 2.83. The van der Waals surface area contributed by atoms with E-state index in [9.17, 15) is 8.42 Å². The van der Waals surface area contributed by atoms with Gasteiger partial charge < -0.3 is 4.90 Å². The van der Waals surface area contributed by atoms with Gasteiger partial charge in [-0.3, -0.25) is 0 Å². The molecule has 0 amide bonds. The Labute approximate surface area is 115 Å². The van der Waals surface area contributed by atoms with Crippen LogP contribution in [0, 0.1) is 0 Å². The maximum atomic E-state index is 12.2. The third-order valence-electron chi connectivity index (χ3n) is 2.47. The molecule has 2 rings (SSSR count). The summed E-state index contributed by atoms with van der Waals surface area (Å²) >= 11 is 5.88. The fraction of sp³-hybridized carbons (Fsp3) is 0.400. The summed E-state index contributed by atoms with van der Waals surface area (Å²) in [6.07, 6.45) is 0. The first kappa shape index (κ1) is 14.2. The average Bonchev–Trinajstić information content (AvgIpc) is 2.77. The Morgan fingerprint density at radius 3 is 2.68 bits per heavy atom. The van der Waals surface area contributed by atoms with E-state index >= 15 is 0 Å². The van der Waals surface area contributed by atoms with E-state index in [0.717, 1.165) is 0 Å². The lowest BCUT2D eigenvalue weighted by Crippen LogP contribution is -2.31. The molecule has 19 heavy (non-hydrogen) atoms. The number of benzene rings is 1. The van der Waals surface area contributed by atoms with Crippen LogP contribution in [0.3, 0.4) is 0 Å². The molecule has 7 nitrogen and oxygen atoms in total.